The summed E-state index contributed by atoms with van der Waals surface area (Å²) < 4.78 is 19.4. The lowest BCUT2D eigenvalue weighted by molar-refractivity contribution is 0.408. The van der Waals surface area contributed by atoms with Crippen molar-refractivity contribution in [3.05, 3.63) is 51.9 Å². The first kappa shape index (κ1) is 14.8. The van der Waals surface area contributed by atoms with Crippen molar-refractivity contribution in [2.75, 3.05) is 19.0 Å². The topological polar surface area (TPSA) is 34.1 Å². The molecular weight excluding hydrogens is 323 g/mol. The highest BCUT2D eigenvalue weighted by molar-refractivity contribution is 9.10. The van der Waals surface area contributed by atoms with Crippen LogP contribution in [0.1, 0.15) is 11.1 Å². The van der Waals surface area contributed by atoms with Gasteiger partial charge in [0.05, 0.1) is 7.11 Å². The summed E-state index contributed by atoms with van der Waals surface area (Å²) in [5, 5.41) is 3.22. The molecule has 0 aliphatic heterocycles. The number of ether oxygens (including phenoxy) is 1. The second-order valence-electron chi connectivity index (χ2n) is 4.45. The van der Waals surface area contributed by atoms with Crippen LogP contribution in [-0.2, 0) is 6.42 Å². The number of hydrogen-bond acceptors (Lipinski definition) is 3. The highest BCUT2D eigenvalue weighted by atomic mass is 79.9. The Kier molecular flexibility index (Phi) is 4.95. The number of rotatable bonds is 5. The van der Waals surface area contributed by atoms with Crippen LogP contribution in [0, 0.1) is 12.7 Å². The lowest BCUT2D eigenvalue weighted by atomic mass is 10.1. The van der Waals surface area contributed by atoms with Crippen LogP contribution in [0.4, 0.5) is 10.2 Å². The van der Waals surface area contributed by atoms with Crippen molar-refractivity contribution in [3.63, 3.8) is 0 Å². The molecule has 0 radical (unpaired) electrons. The zero-order valence-electron chi connectivity index (χ0n) is 11.4. The maximum atomic E-state index is 13.2. The highest BCUT2D eigenvalue weighted by Gasteiger charge is 2.05. The summed E-state index contributed by atoms with van der Waals surface area (Å²) >= 11 is 3.41. The molecule has 1 N–H and O–H groups in total. The lowest BCUT2D eigenvalue weighted by Gasteiger charge is -2.10. The molecule has 0 saturated carbocycles. The van der Waals surface area contributed by atoms with Crippen molar-refractivity contribution in [2.45, 2.75) is 13.3 Å². The van der Waals surface area contributed by atoms with Gasteiger partial charge >= 0.3 is 0 Å². The third kappa shape index (κ3) is 3.70. The fourth-order valence-electron chi connectivity index (χ4n) is 1.90. The van der Waals surface area contributed by atoms with Gasteiger partial charge in [-0.2, -0.15) is 0 Å². The molecule has 0 saturated heterocycles. The number of pyridine rings is 1. The molecule has 2 rings (SSSR count). The molecule has 20 heavy (non-hydrogen) atoms. The zero-order valence-corrected chi connectivity index (χ0v) is 13.0. The molecule has 0 bridgehead atoms. The van der Waals surface area contributed by atoms with E-state index in [4.69, 9.17) is 4.74 Å². The van der Waals surface area contributed by atoms with Crippen LogP contribution >= 0.6 is 15.9 Å². The van der Waals surface area contributed by atoms with E-state index in [9.17, 15) is 4.39 Å². The molecular formula is C15H16BrFN2O. The van der Waals surface area contributed by atoms with Crippen molar-refractivity contribution >= 4 is 21.7 Å². The van der Waals surface area contributed by atoms with Crippen molar-refractivity contribution in [2.24, 2.45) is 0 Å². The standard InChI is InChI=1S/C15H16BrFN2O/c1-10-7-15(19-9-13(10)16)18-6-5-11-8-12(17)3-4-14(11)20-2/h3-4,7-9H,5-6H2,1-2H3,(H,18,19). The minimum atomic E-state index is -0.251. The molecule has 0 unspecified atom stereocenters. The van der Waals surface area contributed by atoms with Gasteiger partial charge in [-0.1, -0.05) is 0 Å². The Morgan fingerprint density at radius 3 is 2.85 bits per heavy atom. The molecule has 1 aromatic carbocycles. The molecule has 0 atom stereocenters. The second kappa shape index (κ2) is 6.70. The van der Waals surface area contributed by atoms with Gasteiger partial charge in [0.2, 0.25) is 0 Å². The summed E-state index contributed by atoms with van der Waals surface area (Å²) in [6.45, 7) is 2.67. The molecule has 1 aromatic heterocycles. The predicted octanol–water partition coefficient (Wildman–Crippen LogP) is 3.95. The number of nitrogens with one attached hydrogen (secondary N) is 1. The number of nitrogens with zero attached hydrogens (tertiary/aromatic N) is 1. The van der Waals surface area contributed by atoms with E-state index in [2.05, 4.69) is 26.2 Å². The average Bonchev–Trinajstić information content (AvgIpc) is 2.43. The SMILES string of the molecule is COc1ccc(F)cc1CCNc1cc(C)c(Br)cn1. The minimum absolute atomic E-state index is 0.251. The normalized spacial score (nSPS) is 10.4. The Labute approximate surface area is 126 Å². The van der Waals surface area contributed by atoms with Gasteiger partial charge < -0.3 is 10.1 Å². The number of anilines is 1. The molecule has 2 aromatic rings. The number of hydrogen-bond donors (Lipinski definition) is 1. The number of benzene rings is 1. The van der Waals surface area contributed by atoms with Crippen LogP contribution in [0.5, 0.6) is 5.75 Å². The quantitative estimate of drug-likeness (QED) is 0.896. The van der Waals surface area contributed by atoms with Gasteiger partial charge in [0.1, 0.15) is 17.4 Å². The Morgan fingerprint density at radius 2 is 2.15 bits per heavy atom. The molecule has 1 heterocycles. The monoisotopic (exact) mass is 338 g/mol. The van der Waals surface area contributed by atoms with Crippen LogP contribution in [-0.4, -0.2) is 18.6 Å². The van der Waals surface area contributed by atoms with Gasteiger partial charge in [-0.15, -0.1) is 0 Å². The first-order valence-electron chi connectivity index (χ1n) is 6.28. The summed E-state index contributed by atoms with van der Waals surface area (Å²) in [4.78, 5) is 4.27. The first-order valence-corrected chi connectivity index (χ1v) is 7.08. The van der Waals surface area contributed by atoms with Crippen molar-refractivity contribution in [1.82, 2.24) is 4.98 Å². The minimum Gasteiger partial charge on any atom is -0.496 e. The third-order valence-corrected chi connectivity index (χ3v) is 3.82. The largest absolute Gasteiger partial charge is 0.496 e. The Balaban J connectivity index is 1.99. The lowest BCUT2D eigenvalue weighted by Crippen LogP contribution is -2.07. The molecule has 0 fully saturated rings. The fourth-order valence-corrected chi connectivity index (χ4v) is 2.12. The summed E-state index contributed by atoms with van der Waals surface area (Å²) in [7, 11) is 1.59. The maximum absolute atomic E-state index is 13.2. The van der Waals surface area contributed by atoms with E-state index in [0.717, 1.165) is 21.4 Å². The van der Waals surface area contributed by atoms with E-state index in [0.29, 0.717) is 18.7 Å². The van der Waals surface area contributed by atoms with E-state index < -0.39 is 0 Å². The number of aromatic nitrogens is 1. The van der Waals surface area contributed by atoms with E-state index >= 15 is 0 Å². The third-order valence-electron chi connectivity index (χ3n) is 2.99. The van der Waals surface area contributed by atoms with Crippen molar-refractivity contribution < 1.29 is 9.13 Å². The van der Waals surface area contributed by atoms with Gasteiger partial charge in [-0.3, -0.25) is 0 Å². The summed E-state index contributed by atoms with van der Waals surface area (Å²) in [5.74, 6) is 1.26. The Morgan fingerprint density at radius 1 is 1.35 bits per heavy atom. The molecule has 0 amide bonds. The van der Waals surface area contributed by atoms with Gasteiger partial charge in [0.25, 0.3) is 0 Å². The van der Waals surface area contributed by atoms with Crippen LogP contribution < -0.4 is 10.1 Å². The number of methoxy groups -OCH3 is 1. The molecule has 0 aliphatic rings. The maximum Gasteiger partial charge on any atom is 0.126 e. The first-order chi connectivity index (χ1) is 9.60. The summed E-state index contributed by atoms with van der Waals surface area (Å²) in [6, 6.07) is 6.51. The van der Waals surface area contributed by atoms with E-state index in [1.807, 2.05) is 13.0 Å². The van der Waals surface area contributed by atoms with E-state index in [1.165, 1.54) is 12.1 Å². The van der Waals surface area contributed by atoms with E-state index in [-0.39, 0.29) is 5.82 Å². The molecule has 3 nitrogen and oxygen atoms in total. The van der Waals surface area contributed by atoms with Crippen LogP contribution in [0.25, 0.3) is 0 Å². The second-order valence-corrected chi connectivity index (χ2v) is 5.31. The molecule has 0 aliphatic carbocycles. The van der Waals surface area contributed by atoms with Gasteiger partial charge in [-0.25, -0.2) is 9.37 Å². The Hall–Kier alpha value is -1.62. The molecule has 0 spiro atoms. The van der Waals surface area contributed by atoms with Crippen molar-refractivity contribution in [3.8, 4) is 5.75 Å². The van der Waals surface area contributed by atoms with Crippen molar-refractivity contribution in [1.29, 1.82) is 0 Å². The summed E-state index contributed by atoms with van der Waals surface area (Å²) in [6.07, 6.45) is 2.43. The van der Waals surface area contributed by atoms with Crippen LogP contribution in [0.2, 0.25) is 0 Å². The Bertz CT molecular complexity index is 604. The summed E-state index contributed by atoms with van der Waals surface area (Å²) in [5.41, 5.74) is 1.96. The molecule has 5 heteroatoms. The zero-order chi connectivity index (χ0) is 14.5. The molecule has 106 valence electrons. The van der Waals surface area contributed by atoms with Gasteiger partial charge in [0.15, 0.2) is 0 Å². The van der Waals surface area contributed by atoms with Gasteiger partial charge in [0, 0.05) is 17.2 Å². The predicted molar refractivity (Wildman–Crippen MR) is 81.8 cm³/mol. The van der Waals surface area contributed by atoms with Gasteiger partial charge in [-0.05, 0) is 64.7 Å². The average molecular weight is 339 g/mol. The smallest absolute Gasteiger partial charge is 0.126 e. The number of halogens is 2. The number of aryl methyl sites for hydroxylation is 1. The van der Waals surface area contributed by atoms with Crippen LogP contribution in [0.3, 0.4) is 0 Å². The fraction of sp³-hybridized carbons (Fsp3) is 0.267. The highest BCUT2D eigenvalue weighted by Crippen LogP contribution is 2.20. The van der Waals surface area contributed by atoms with Crippen LogP contribution in [0.15, 0.2) is 34.9 Å². The van der Waals surface area contributed by atoms with E-state index in [1.54, 1.807) is 19.4 Å².